The van der Waals surface area contributed by atoms with E-state index in [0.717, 1.165) is 30.5 Å². The molecule has 3 nitrogen and oxygen atoms in total. The van der Waals surface area contributed by atoms with Crippen molar-refractivity contribution in [2.45, 2.75) is 19.3 Å². The molecule has 1 unspecified atom stereocenters. The highest BCUT2D eigenvalue weighted by Crippen LogP contribution is 2.22. The maximum atomic E-state index is 12.5. The number of ketones is 1. The van der Waals surface area contributed by atoms with Gasteiger partial charge in [-0.15, -0.1) is 0 Å². The van der Waals surface area contributed by atoms with Gasteiger partial charge < -0.3 is 4.90 Å². The molecule has 1 saturated heterocycles. The third-order valence-electron chi connectivity index (χ3n) is 4.14. The average molecular weight is 313 g/mol. The van der Waals surface area contributed by atoms with E-state index >= 15 is 0 Å². The number of benzene rings is 1. The summed E-state index contributed by atoms with van der Waals surface area (Å²) in [6.07, 6.45) is 2.21. The predicted octanol–water partition coefficient (Wildman–Crippen LogP) is 3.41. The molecule has 0 spiro atoms. The molecule has 0 aliphatic carbocycles. The zero-order valence-electron chi connectivity index (χ0n) is 12.4. The molecule has 1 aromatic heterocycles. The Kier molecular flexibility index (Phi) is 4.68. The second kappa shape index (κ2) is 6.88. The van der Waals surface area contributed by atoms with Gasteiger partial charge in [-0.2, -0.15) is 11.3 Å². The van der Waals surface area contributed by atoms with Crippen LogP contribution in [0.2, 0.25) is 0 Å². The molecule has 0 saturated carbocycles. The molecule has 114 valence electrons. The van der Waals surface area contributed by atoms with Gasteiger partial charge in [-0.3, -0.25) is 9.59 Å². The van der Waals surface area contributed by atoms with Gasteiger partial charge in [0.2, 0.25) is 5.91 Å². The normalized spacial score (nSPS) is 18.2. The standard InChI is InChI=1S/C18H19NO2S/c20-17(11-14-8-10-22-13-14)19-9-4-7-16(12-19)18(21)15-5-2-1-3-6-15/h1-3,5-6,8,10,13,16H,4,7,9,11-12H2. The van der Waals surface area contributed by atoms with Gasteiger partial charge in [-0.25, -0.2) is 0 Å². The summed E-state index contributed by atoms with van der Waals surface area (Å²) >= 11 is 1.61. The summed E-state index contributed by atoms with van der Waals surface area (Å²) in [5.41, 5.74) is 1.81. The number of hydrogen-bond acceptors (Lipinski definition) is 3. The number of thiophene rings is 1. The van der Waals surface area contributed by atoms with Crippen molar-refractivity contribution < 1.29 is 9.59 Å². The monoisotopic (exact) mass is 313 g/mol. The lowest BCUT2D eigenvalue weighted by molar-refractivity contribution is -0.131. The molecule has 3 rings (SSSR count). The van der Waals surface area contributed by atoms with Gasteiger partial charge in [0.1, 0.15) is 0 Å². The quantitative estimate of drug-likeness (QED) is 0.811. The number of carbonyl (C=O) groups excluding carboxylic acids is 2. The van der Waals surface area contributed by atoms with Gasteiger partial charge in [-0.05, 0) is 35.2 Å². The Balaban J connectivity index is 1.64. The molecule has 1 atom stereocenters. The third-order valence-corrected chi connectivity index (χ3v) is 4.87. The van der Waals surface area contributed by atoms with Crippen LogP contribution in [0.15, 0.2) is 47.2 Å². The van der Waals surface area contributed by atoms with Crippen LogP contribution in [0.4, 0.5) is 0 Å². The highest BCUT2D eigenvalue weighted by atomic mass is 32.1. The van der Waals surface area contributed by atoms with Crippen molar-refractivity contribution in [3.8, 4) is 0 Å². The van der Waals surface area contributed by atoms with E-state index in [9.17, 15) is 9.59 Å². The van der Waals surface area contributed by atoms with Crippen molar-refractivity contribution >= 4 is 23.0 Å². The summed E-state index contributed by atoms with van der Waals surface area (Å²) in [6.45, 7) is 1.32. The Morgan fingerprint density at radius 2 is 2.00 bits per heavy atom. The number of piperidine rings is 1. The van der Waals surface area contributed by atoms with Crippen molar-refractivity contribution in [3.05, 3.63) is 58.3 Å². The van der Waals surface area contributed by atoms with Crippen molar-refractivity contribution in [2.24, 2.45) is 5.92 Å². The molecule has 0 N–H and O–H groups in total. The first-order valence-electron chi connectivity index (χ1n) is 7.62. The predicted molar refractivity (Wildman–Crippen MR) is 88.1 cm³/mol. The van der Waals surface area contributed by atoms with Crippen LogP contribution >= 0.6 is 11.3 Å². The second-order valence-corrected chi connectivity index (χ2v) is 6.50. The summed E-state index contributed by atoms with van der Waals surface area (Å²) in [7, 11) is 0. The molecule has 4 heteroatoms. The van der Waals surface area contributed by atoms with Gasteiger partial charge in [0.15, 0.2) is 5.78 Å². The van der Waals surface area contributed by atoms with Crippen LogP contribution in [0.5, 0.6) is 0 Å². The Labute approximate surface area is 134 Å². The zero-order chi connectivity index (χ0) is 15.4. The largest absolute Gasteiger partial charge is 0.342 e. The van der Waals surface area contributed by atoms with E-state index in [0.29, 0.717) is 13.0 Å². The maximum Gasteiger partial charge on any atom is 0.227 e. The number of hydrogen-bond donors (Lipinski definition) is 0. The van der Waals surface area contributed by atoms with Crippen molar-refractivity contribution in [2.75, 3.05) is 13.1 Å². The summed E-state index contributed by atoms with van der Waals surface area (Å²) in [4.78, 5) is 26.8. The van der Waals surface area contributed by atoms with Crippen LogP contribution in [0.3, 0.4) is 0 Å². The van der Waals surface area contributed by atoms with Gasteiger partial charge >= 0.3 is 0 Å². The number of nitrogens with zero attached hydrogens (tertiary/aromatic N) is 1. The number of Topliss-reactive ketones (excluding diaryl/α,β-unsaturated/α-hetero) is 1. The third kappa shape index (κ3) is 3.45. The van der Waals surface area contributed by atoms with E-state index in [1.54, 1.807) is 11.3 Å². The molecule has 0 radical (unpaired) electrons. The molecule has 2 heterocycles. The highest BCUT2D eigenvalue weighted by molar-refractivity contribution is 7.08. The molecular formula is C18H19NO2S. The van der Waals surface area contributed by atoms with E-state index in [1.807, 2.05) is 52.1 Å². The number of carbonyl (C=O) groups is 2. The Bertz CT molecular complexity index is 636. The highest BCUT2D eigenvalue weighted by Gasteiger charge is 2.28. The van der Waals surface area contributed by atoms with Gasteiger partial charge in [0.05, 0.1) is 6.42 Å². The molecule has 1 aliphatic rings. The molecule has 2 aromatic rings. The minimum absolute atomic E-state index is 0.0671. The minimum Gasteiger partial charge on any atom is -0.342 e. The molecule has 1 aromatic carbocycles. The summed E-state index contributed by atoms with van der Waals surface area (Å²) < 4.78 is 0. The molecule has 1 amide bonds. The van der Waals surface area contributed by atoms with E-state index in [4.69, 9.17) is 0 Å². The number of rotatable bonds is 4. The first-order valence-corrected chi connectivity index (χ1v) is 8.56. The Morgan fingerprint density at radius 3 is 2.73 bits per heavy atom. The van der Waals surface area contributed by atoms with Crippen molar-refractivity contribution in [1.82, 2.24) is 4.90 Å². The fourth-order valence-corrected chi connectivity index (χ4v) is 3.60. The van der Waals surface area contributed by atoms with Crippen LogP contribution in [0.1, 0.15) is 28.8 Å². The lowest BCUT2D eigenvalue weighted by Crippen LogP contribution is -2.43. The van der Waals surface area contributed by atoms with E-state index in [-0.39, 0.29) is 17.6 Å². The molecule has 22 heavy (non-hydrogen) atoms. The Morgan fingerprint density at radius 1 is 1.18 bits per heavy atom. The van der Waals surface area contributed by atoms with Crippen LogP contribution in [-0.4, -0.2) is 29.7 Å². The molecule has 1 aliphatic heterocycles. The van der Waals surface area contributed by atoms with E-state index in [2.05, 4.69) is 0 Å². The fourth-order valence-electron chi connectivity index (χ4n) is 2.94. The average Bonchev–Trinajstić information content (AvgIpc) is 3.08. The zero-order valence-corrected chi connectivity index (χ0v) is 13.2. The molecule has 1 fully saturated rings. The summed E-state index contributed by atoms with van der Waals surface area (Å²) in [5.74, 6) is 0.222. The summed E-state index contributed by atoms with van der Waals surface area (Å²) in [5, 5.41) is 4.00. The van der Waals surface area contributed by atoms with E-state index in [1.165, 1.54) is 0 Å². The minimum atomic E-state index is -0.0671. The van der Waals surface area contributed by atoms with Crippen LogP contribution in [0, 0.1) is 5.92 Å². The lowest BCUT2D eigenvalue weighted by Gasteiger charge is -2.32. The molecular weight excluding hydrogens is 294 g/mol. The lowest BCUT2D eigenvalue weighted by atomic mass is 9.90. The van der Waals surface area contributed by atoms with Crippen LogP contribution in [-0.2, 0) is 11.2 Å². The Hall–Kier alpha value is -1.94. The topological polar surface area (TPSA) is 37.4 Å². The molecule has 0 bridgehead atoms. The van der Waals surface area contributed by atoms with Crippen LogP contribution < -0.4 is 0 Å². The maximum absolute atomic E-state index is 12.5. The van der Waals surface area contributed by atoms with Crippen molar-refractivity contribution in [3.63, 3.8) is 0 Å². The van der Waals surface area contributed by atoms with Crippen molar-refractivity contribution in [1.29, 1.82) is 0 Å². The SMILES string of the molecule is O=C(c1ccccc1)C1CCCN(C(=O)Cc2ccsc2)C1. The van der Waals surface area contributed by atoms with Gasteiger partial charge in [0, 0.05) is 24.6 Å². The van der Waals surface area contributed by atoms with E-state index < -0.39 is 0 Å². The first-order chi connectivity index (χ1) is 10.7. The summed E-state index contributed by atoms with van der Waals surface area (Å²) in [6, 6.07) is 11.4. The van der Waals surface area contributed by atoms with Gasteiger partial charge in [-0.1, -0.05) is 30.3 Å². The number of likely N-dealkylation sites (tertiary alicyclic amines) is 1. The van der Waals surface area contributed by atoms with Gasteiger partial charge in [0.25, 0.3) is 0 Å². The first kappa shape index (κ1) is 15.0. The van der Waals surface area contributed by atoms with Crippen LogP contribution in [0.25, 0.3) is 0 Å². The fraction of sp³-hybridized carbons (Fsp3) is 0.333. The second-order valence-electron chi connectivity index (χ2n) is 5.72. The smallest absolute Gasteiger partial charge is 0.227 e. The number of amides is 1.